The summed E-state index contributed by atoms with van der Waals surface area (Å²) in [6, 6.07) is -1.40. The Balaban J connectivity index is 0.000000812. The van der Waals surface area contributed by atoms with Gasteiger partial charge in [0.15, 0.2) is 0 Å². The average Bonchev–Trinajstić information content (AvgIpc) is 1.68. The first-order chi connectivity index (χ1) is 60.9. The number of nitrogens with two attached hydrogens (primary N) is 4. The second kappa shape index (κ2) is 60.3. The molecule has 2 heterocycles. The van der Waals surface area contributed by atoms with E-state index < -0.39 is 230 Å². The largest absolute Gasteiger partial charge is 0.490 e. The number of ketones is 2. The maximum Gasteiger partial charge on any atom is 0.490 e. The second-order valence-electron chi connectivity index (χ2n) is 30.4. The number of fused-ring (bicyclic) bond motifs is 2. The van der Waals surface area contributed by atoms with Crippen LogP contribution in [0.25, 0.3) is 21.8 Å². The minimum Gasteiger partial charge on any atom is -0.481 e. The summed E-state index contributed by atoms with van der Waals surface area (Å²) in [5.41, 5.74) is 29.5. The van der Waals surface area contributed by atoms with Gasteiger partial charge in [0.05, 0.1) is 56.6 Å². The lowest BCUT2D eigenvalue weighted by atomic mass is 9.99. The van der Waals surface area contributed by atoms with Crippen LogP contribution in [0.1, 0.15) is 193 Å². The van der Waals surface area contributed by atoms with E-state index in [-0.39, 0.29) is 58.0 Å². The van der Waals surface area contributed by atoms with Crippen molar-refractivity contribution in [3.05, 3.63) is 72.1 Å². The monoisotopic (exact) mass is 1830 g/mol. The number of alkyl halides is 3. The molecular weight excluding hydrogens is 1710 g/mol. The zero-order chi connectivity index (χ0) is 97.0. The number of benzene rings is 2. The third kappa shape index (κ3) is 44.7. The van der Waals surface area contributed by atoms with E-state index in [9.17, 15) is 130 Å². The molecule has 0 saturated carbocycles. The number of hydrazine groups is 1. The van der Waals surface area contributed by atoms with Gasteiger partial charge in [0, 0.05) is 66.3 Å². The van der Waals surface area contributed by atoms with Crippen LogP contribution in [0.4, 0.5) is 13.2 Å². The van der Waals surface area contributed by atoms with Gasteiger partial charge in [-0.25, -0.2) is 25.2 Å². The maximum absolute atomic E-state index is 13.9. The number of rotatable bonds is 61. The van der Waals surface area contributed by atoms with Gasteiger partial charge in [-0.3, -0.25) is 82.0 Å². The number of hydrogen-bond donors (Lipinski definition) is 25. The van der Waals surface area contributed by atoms with E-state index in [1.165, 1.54) is 0 Å². The topological polar surface area (TPSA) is 746 Å². The average molecular weight is 1830 g/mol. The number of primary amides is 1. The Hall–Kier alpha value is -12.4. The first kappa shape index (κ1) is 113. The molecular formula is C82H123F3N18O26. The van der Waals surface area contributed by atoms with Crippen LogP contribution in [0.15, 0.2) is 60.9 Å². The van der Waals surface area contributed by atoms with E-state index in [4.69, 9.17) is 32.8 Å². The highest BCUT2D eigenvalue weighted by molar-refractivity contribution is 6.41. The van der Waals surface area contributed by atoms with E-state index in [1.807, 2.05) is 42.5 Å². The Bertz CT molecular complexity index is 4390. The fourth-order valence-corrected chi connectivity index (χ4v) is 12.6. The molecule has 0 aliphatic rings. The normalized spacial score (nSPS) is 13.9. The van der Waals surface area contributed by atoms with Crippen LogP contribution in [0.5, 0.6) is 0 Å². The van der Waals surface area contributed by atoms with Gasteiger partial charge in [0.2, 0.25) is 82.5 Å². The van der Waals surface area contributed by atoms with Crippen molar-refractivity contribution in [3.63, 3.8) is 0 Å². The molecule has 2 unspecified atom stereocenters. The zero-order valence-corrected chi connectivity index (χ0v) is 72.2. The Morgan fingerprint density at radius 2 is 0.783 bits per heavy atom. The van der Waals surface area contributed by atoms with Crippen molar-refractivity contribution >= 4 is 134 Å². The summed E-state index contributed by atoms with van der Waals surface area (Å²) in [6.45, 7) is 5.35. The van der Waals surface area contributed by atoms with Crippen molar-refractivity contribution in [2.24, 2.45) is 22.9 Å². The van der Waals surface area contributed by atoms with Crippen molar-refractivity contribution in [1.29, 1.82) is 0 Å². The first-order valence-electron chi connectivity index (χ1n) is 42.1. The van der Waals surface area contributed by atoms with Gasteiger partial charge in [0.1, 0.15) is 48.3 Å². The van der Waals surface area contributed by atoms with Crippen molar-refractivity contribution < 1.29 is 140 Å². The van der Waals surface area contributed by atoms with E-state index in [0.29, 0.717) is 30.4 Å². The highest BCUT2D eigenvalue weighted by Gasteiger charge is 2.40. The minimum absolute atomic E-state index is 0.00396. The highest BCUT2D eigenvalue weighted by atomic mass is 19.4. The number of aliphatic hydroxyl groups excluding tert-OH is 2. The molecule has 2 aromatic carbocycles. The van der Waals surface area contributed by atoms with Gasteiger partial charge in [-0.15, -0.1) is 0 Å². The fraction of sp³-hybridized carbons (Fsp3) is 0.573. The summed E-state index contributed by atoms with van der Waals surface area (Å²) in [5.74, 6) is -22.6. The molecule has 0 saturated heterocycles. The molecule has 129 heavy (non-hydrogen) atoms. The molecule has 0 aliphatic heterocycles. The van der Waals surface area contributed by atoms with E-state index in [1.54, 1.807) is 18.5 Å². The van der Waals surface area contributed by atoms with Gasteiger partial charge in [-0.1, -0.05) is 127 Å². The number of aliphatic hydroxyl groups is 2. The number of hydrogen-bond acceptors (Lipinski definition) is 26. The number of nitrogens with one attached hydrogen (secondary N) is 14. The molecule has 4 rings (SSSR count). The van der Waals surface area contributed by atoms with Crippen LogP contribution < -0.4 is 87.0 Å². The van der Waals surface area contributed by atoms with Gasteiger partial charge in [-0.2, -0.15) is 13.2 Å². The summed E-state index contributed by atoms with van der Waals surface area (Å²) in [6.07, 6.45) is 5.81. The van der Waals surface area contributed by atoms with Crippen LogP contribution in [0.2, 0.25) is 0 Å². The molecule has 4 aromatic rings. The molecule has 0 bridgehead atoms. The lowest BCUT2D eigenvalue weighted by molar-refractivity contribution is -0.192. The summed E-state index contributed by atoms with van der Waals surface area (Å²) in [4.78, 5) is 244. The number of carboxylic acids is 5. The number of para-hydroxylation sites is 2. The lowest BCUT2D eigenvalue weighted by Crippen LogP contribution is -2.61. The third-order valence-electron chi connectivity index (χ3n) is 19.5. The van der Waals surface area contributed by atoms with Crippen molar-refractivity contribution in [1.82, 2.24) is 74.0 Å². The van der Waals surface area contributed by atoms with E-state index in [2.05, 4.69) is 87.8 Å². The van der Waals surface area contributed by atoms with Crippen LogP contribution in [0.3, 0.4) is 0 Å². The maximum atomic E-state index is 13.9. The number of carbonyl (C=O) groups is 19. The Labute approximate surface area is 739 Å². The lowest BCUT2D eigenvalue weighted by Gasteiger charge is -2.26. The van der Waals surface area contributed by atoms with Crippen LogP contribution in [-0.4, -0.2) is 263 Å². The number of Topliss-reactive ketones (excluding diaryl/α,β-unsaturated/α-hetero) is 2. The predicted octanol–water partition coefficient (Wildman–Crippen LogP) is -1.48. The standard InChI is InChI=1S/2C40H61N9O12.C2HF3O2/c1-3-4-5-6-7-8-9-16-31(51)46-30(18-24-21-43-27-14-11-10-13-25(24)27)38(58)47-32(52)19-26(42)36(56)37(57)29(20-34(54)55)48-49-35(23(2)50)39(59)44-22-33(53)45-28(40(60)61)15-12-17-41;1-3-4-5-6-7-8-9-16-32(52)46-28(18-24-21-43-26-14-11-10-13-25(24)26)36(56)47-29(19-31(42)51)37(57)48-30(20-34(54)55)38(58)49-35(23(2)50)39(59)44-22-33(53)45-27(40(60)61)15-12-17-41;3-2(4,5)1(6)7/h10-11,13-14,21,23,26,28-30,35,43,48-50H,3-9,12,15-20,22,41-42H2,1-2H3,(H,44,59)(H,45,53)(H,46,51)(H,54,55)(H,60,61)(H,47,52,58);10-11,13-14,21,23,27-30,35,43,50H,3-9,12,15-20,22,41H2,1-2H3,(H2,42,51)(H,44,59)(H,45,53)(H,46,52)(H,47,56)(H,48,57)(H,49,58)(H,54,55)(H,60,61);(H,6,7)/t23-,26-,28?,29+,30+,35?;23-,27+,28+,29-,30+,35+;/m11./s1. The molecule has 718 valence electrons. The number of aliphatic carboxylic acids is 5. The molecule has 2 aromatic heterocycles. The number of aromatic amines is 2. The number of aromatic nitrogens is 2. The number of H-pyrrole nitrogens is 2. The number of halogens is 3. The SMILES string of the molecule is CCCCCCCCCC(=O)N[C@@H](Cc1c[nH]c2ccccc12)C(=O)NC(=O)C[C@@H](N)C(=O)C(=O)[C@H](CC(=O)O)NNC(C(=O)NCC(=O)NC(CCCN)C(=O)O)[C@@H](C)O.CCCCCCCCCC(=O)N[C@@H](Cc1c[nH]c2ccccc12)C(=O)N[C@H](CC(N)=O)C(=O)N[C@@H](CC(=O)O)C(=O)N[C@H](C(=O)NCC(=O)N[C@@H](CCCN)C(=O)O)[C@@H](C)O.O=C(O)C(F)(F)F. The smallest absolute Gasteiger partial charge is 0.481 e. The van der Waals surface area contributed by atoms with Gasteiger partial charge >= 0.3 is 36.0 Å². The molecule has 0 aliphatic carbocycles. The fourth-order valence-electron chi connectivity index (χ4n) is 12.6. The van der Waals surface area contributed by atoms with Crippen molar-refractivity contribution in [2.75, 3.05) is 26.2 Å². The molecule has 0 radical (unpaired) electrons. The number of unbranched alkanes of at least 4 members (excludes halogenated alkanes) is 12. The quantitative estimate of drug-likeness (QED) is 0.0136. The Morgan fingerprint density at radius 3 is 1.18 bits per heavy atom. The molecule has 12 atom stereocenters. The first-order valence-corrected chi connectivity index (χ1v) is 42.1. The second-order valence-corrected chi connectivity index (χ2v) is 30.4. The van der Waals surface area contributed by atoms with Crippen molar-refractivity contribution in [2.45, 2.75) is 273 Å². The highest BCUT2D eigenvalue weighted by Crippen LogP contribution is 2.23. The molecule has 47 heteroatoms. The molecule has 29 N–H and O–H groups in total. The Morgan fingerprint density at radius 1 is 0.411 bits per heavy atom. The van der Waals surface area contributed by atoms with Crippen LogP contribution >= 0.6 is 0 Å². The molecule has 0 fully saturated rings. The zero-order valence-electron chi connectivity index (χ0n) is 72.2. The molecule has 0 spiro atoms. The summed E-state index contributed by atoms with van der Waals surface area (Å²) >= 11 is 0. The number of imide groups is 1. The van der Waals surface area contributed by atoms with Crippen LogP contribution in [-0.2, 0) is 104 Å². The van der Waals surface area contributed by atoms with Gasteiger partial charge < -0.3 is 116 Å². The predicted molar refractivity (Wildman–Crippen MR) is 456 cm³/mol. The van der Waals surface area contributed by atoms with Gasteiger partial charge in [0.25, 0.3) is 0 Å². The van der Waals surface area contributed by atoms with E-state index >= 15 is 0 Å². The van der Waals surface area contributed by atoms with Gasteiger partial charge in [-0.05, 0) is 88.7 Å². The molecule has 12 amide bonds. The third-order valence-corrected chi connectivity index (χ3v) is 19.5. The minimum atomic E-state index is -5.08. The summed E-state index contributed by atoms with van der Waals surface area (Å²) in [7, 11) is 0. The van der Waals surface area contributed by atoms with Crippen LogP contribution in [0, 0.1) is 0 Å². The molecule has 44 nitrogen and oxygen atoms in total. The van der Waals surface area contributed by atoms with E-state index in [0.717, 1.165) is 113 Å². The van der Waals surface area contributed by atoms with Crippen molar-refractivity contribution in [3.8, 4) is 0 Å². The number of carboxylic acid groups (broad SMARTS) is 5. The summed E-state index contributed by atoms with van der Waals surface area (Å²) < 4.78 is 31.7. The Kier molecular flexibility index (Phi) is 52.7. The summed E-state index contributed by atoms with van der Waals surface area (Å²) in [5, 5.41) is 89.8. The number of carbonyl (C=O) groups excluding carboxylic acids is 14. The number of amides is 12.